The molecule has 3 nitrogen and oxygen atoms in total. The molecule has 2 rings (SSSR count). The minimum absolute atomic E-state index is 0.173. The summed E-state index contributed by atoms with van der Waals surface area (Å²) >= 11 is 1.63. The van der Waals surface area contributed by atoms with Gasteiger partial charge in [-0.25, -0.2) is 4.79 Å². The second kappa shape index (κ2) is 6.21. The summed E-state index contributed by atoms with van der Waals surface area (Å²) < 4.78 is 0. The van der Waals surface area contributed by atoms with Crippen molar-refractivity contribution in [3.05, 3.63) is 52.2 Å². The van der Waals surface area contributed by atoms with Crippen molar-refractivity contribution >= 4 is 23.1 Å². The number of aryl methyl sites for hydroxylation is 1. The Balaban J connectivity index is 1.83. The van der Waals surface area contributed by atoms with Crippen LogP contribution in [0.2, 0.25) is 0 Å². The molecule has 1 aromatic heterocycles. The van der Waals surface area contributed by atoms with Crippen LogP contribution in [0.1, 0.15) is 17.4 Å². The molecule has 1 heterocycles. The molecule has 0 aliphatic heterocycles. The lowest BCUT2D eigenvalue weighted by atomic mass is 10.1. The number of thiophene rings is 1. The number of hydrogen-bond acceptors (Lipinski definition) is 2. The summed E-state index contributed by atoms with van der Waals surface area (Å²) in [6.45, 7) is 2.67. The van der Waals surface area contributed by atoms with Crippen molar-refractivity contribution in [2.75, 3.05) is 5.32 Å². The minimum Gasteiger partial charge on any atom is -0.333 e. The van der Waals surface area contributed by atoms with Crippen LogP contribution >= 0.6 is 11.3 Å². The Labute approximate surface area is 111 Å². The monoisotopic (exact) mass is 260 g/mol. The Morgan fingerprint density at radius 2 is 2.00 bits per heavy atom. The van der Waals surface area contributed by atoms with Crippen LogP contribution in [0.4, 0.5) is 10.5 Å². The zero-order valence-corrected chi connectivity index (χ0v) is 11.1. The summed E-state index contributed by atoms with van der Waals surface area (Å²) in [6.07, 6.45) is 1.00. The Morgan fingerprint density at radius 1 is 1.22 bits per heavy atom. The highest BCUT2D eigenvalue weighted by Gasteiger charge is 2.01. The number of benzene rings is 1. The highest BCUT2D eigenvalue weighted by molar-refractivity contribution is 7.09. The van der Waals surface area contributed by atoms with E-state index in [1.54, 1.807) is 11.3 Å². The van der Waals surface area contributed by atoms with Gasteiger partial charge in [-0.05, 0) is 35.6 Å². The van der Waals surface area contributed by atoms with E-state index in [1.807, 2.05) is 41.8 Å². The van der Waals surface area contributed by atoms with Gasteiger partial charge in [-0.1, -0.05) is 25.1 Å². The van der Waals surface area contributed by atoms with Gasteiger partial charge >= 0.3 is 6.03 Å². The zero-order chi connectivity index (χ0) is 12.8. The van der Waals surface area contributed by atoms with E-state index < -0.39 is 0 Å². The topological polar surface area (TPSA) is 41.1 Å². The molecule has 0 saturated carbocycles. The summed E-state index contributed by atoms with van der Waals surface area (Å²) in [5.41, 5.74) is 2.08. The van der Waals surface area contributed by atoms with Crippen molar-refractivity contribution in [3.63, 3.8) is 0 Å². The summed E-state index contributed by atoms with van der Waals surface area (Å²) in [4.78, 5) is 12.8. The first-order valence-electron chi connectivity index (χ1n) is 5.94. The van der Waals surface area contributed by atoms with Gasteiger partial charge in [0.1, 0.15) is 0 Å². The maximum atomic E-state index is 11.6. The van der Waals surface area contributed by atoms with E-state index in [9.17, 15) is 4.79 Å². The highest BCUT2D eigenvalue weighted by Crippen LogP contribution is 2.10. The summed E-state index contributed by atoms with van der Waals surface area (Å²) in [5.74, 6) is 0. The Bertz CT molecular complexity index is 491. The molecule has 0 fully saturated rings. The molecule has 2 amide bonds. The van der Waals surface area contributed by atoms with Gasteiger partial charge in [0, 0.05) is 10.6 Å². The molecule has 4 heteroatoms. The van der Waals surface area contributed by atoms with Gasteiger partial charge in [-0.2, -0.15) is 0 Å². The van der Waals surface area contributed by atoms with E-state index in [4.69, 9.17) is 0 Å². The van der Waals surface area contributed by atoms with Crippen molar-refractivity contribution in [3.8, 4) is 0 Å². The standard InChI is InChI=1S/C14H16N2OS/c1-2-11-5-7-12(8-6-11)16-14(17)15-10-13-4-3-9-18-13/h3-9H,2,10H2,1H3,(H2,15,16,17). The lowest BCUT2D eigenvalue weighted by molar-refractivity contribution is 0.252. The van der Waals surface area contributed by atoms with Crippen LogP contribution in [0.15, 0.2) is 41.8 Å². The number of nitrogens with one attached hydrogen (secondary N) is 2. The molecule has 18 heavy (non-hydrogen) atoms. The third-order valence-corrected chi connectivity index (χ3v) is 3.50. The molecule has 0 spiro atoms. The molecule has 0 radical (unpaired) electrons. The van der Waals surface area contributed by atoms with Gasteiger partial charge in [0.25, 0.3) is 0 Å². The van der Waals surface area contributed by atoms with Crippen LogP contribution < -0.4 is 10.6 Å². The van der Waals surface area contributed by atoms with Crippen LogP contribution in [0.3, 0.4) is 0 Å². The molecule has 0 aliphatic rings. The number of amides is 2. The lowest BCUT2D eigenvalue weighted by Gasteiger charge is -2.07. The Kier molecular flexibility index (Phi) is 4.36. The number of rotatable bonds is 4. The fraction of sp³-hybridized carbons (Fsp3) is 0.214. The fourth-order valence-corrected chi connectivity index (χ4v) is 2.22. The fourth-order valence-electron chi connectivity index (χ4n) is 1.58. The molecule has 2 aromatic rings. The lowest BCUT2D eigenvalue weighted by Crippen LogP contribution is -2.27. The molecular weight excluding hydrogens is 244 g/mol. The second-order valence-corrected chi connectivity index (χ2v) is 4.97. The van der Waals surface area contributed by atoms with Gasteiger partial charge in [-0.3, -0.25) is 0 Å². The van der Waals surface area contributed by atoms with Crippen molar-refractivity contribution in [2.45, 2.75) is 19.9 Å². The third-order valence-electron chi connectivity index (χ3n) is 2.62. The molecule has 0 saturated heterocycles. The predicted molar refractivity (Wildman–Crippen MR) is 76.0 cm³/mol. The molecule has 94 valence electrons. The quantitative estimate of drug-likeness (QED) is 0.866. The molecular formula is C14H16N2OS. The van der Waals surface area contributed by atoms with Crippen molar-refractivity contribution in [2.24, 2.45) is 0 Å². The Hall–Kier alpha value is -1.81. The van der Waals surface area contributed by atoms with Crippen LogP contribution in [0.5, 0.6) is 0 Å². The predicted octanol–water partition coefficient (Wildman–Crippen LogP) is 3.63. The molecule has 0 aliphatic carbocycles. The minimum atomic E-state index is -0.173. The maximum absolute atomic E-state index is 11.6. The van der Waals surface area contributed by atoms with Crippen molar-refractivity contribution in [1.82, 2.24) is 5.32 Å². The van der Waals surface area contributed by atoms with Crippen molar-refractivity contribution in [1.29, 1.82) is 0 Å². The number of urea groups is 1. The number of anilines is 1. The maximum Gasteiger partial charge on any atom is 0.319 e. The van der Waals surface area contributed by atoms with Gasteiger partial charge in [0.2, 0.25) is 0 Å². The Morgan fingerprint density at radius 3 is 2.61 bits per heavy atom. The van der Waals surface area contributed by atoms with Crippen molar-refractivity contribution < 1.29 is 4.79 Å². The van der Waals surface area contributed by atoms with Gasteiger partial charge < -0.3 is 10.6 Å². The van der Waals surface area contributed by atoms with Gasteiger partial charge in [0.15, 0.2) is 0 Å². The number of carbonyl (C=O) groups excluding carboxylic acids is 1. The zero-order valence-electron chi connectivity index (χ0n) is 10.3. The van der Waals surface area contributed by atoms with Crippen LogP contribution in [-0.4, -0.2) is 6.03 Å². The second-order valence-electron chi connectivity index (χ2n) is 3.94. The summed E-state index contributed by atoms with van der Waals surface area (Å²) in [7, 11) is 0. The van der Waals surface area contributed by atoms with E-state index in [0.717, 1.165) is 17.0 Å². The first-order valence-corrected chi connectivity index (χ1v) is 6.82. The van der Waals surface area contributed by atoms with Crippen LogP contribution in [0.25, 0.3) is 0 Å². The summed E-state index contributed by atoms with van der Waals surface area (Å²) in [5, 5.41) is 7.63. The average Bonchev–Trinajstić information content (AvgIpc) is 2.90. The van der Waals surface area contributed by atoms with E-state index in [2.05, 4.69) is 17.6 Å². The normalized spacial score (nSPS) is 10.1. The SMILES string of the molecule is CCc1ccc(NC(=O)NCc2cccs2)cc1. The first-order chi connectivity index (χ1) is 8.78. The number of carbonyl (C=O) groups is 1. The third kappa shape index (κ3) is 3.60. The largest absolute Gasteiger partial charge is 0.333 e. The molecule has 0 atom stereocenters. The van der Waals surface area contributed by atoms with Crippen LogP contribution in [-0.2, 0) is 13.0 Å². The smallest absolute Gasteiger partial charge is 0.319 e. The molecule has 0 bridgehead atoms. The van der Waals surface area contributed by atoms with Crippen LogP contribution in [0, 0.1) is 0 Å². The van der Waals surface area contributed by atoms with E-state index in [0.29, 0.717) is 6.54 Å². The van der Waals surface area contributed by atoms with E-state index in [-0.39, 0.29) is 6.03 Å². The average molecular weight is 260 g/mol. The highest BCUT2D eigenvalue weighted by atomic mass is 32.1. The number of hydrogen-bond donors (Lipinski definition) is 2. The van der Waals surface area contributed by atoms with E-state index >= 15 is 0 Å². The molecule has 2 N–H and O–H groups in total. The van der Waals surface area contributed by atoms with Gasteiger partial charge in [-0.15, -0.1) is 11.3 Å². The summed E-state index contributed by atoms with van der Waals surface area (Å²) in [6, 6.07) is 11.7. The molecule has 1 aromatic carbocycles. The first kappa shape index (κ1) is 12.6. The van der Waals surface area contributed by atoms with E-state index in [1.165, 1.54) is 5.56 Å². The van der Waals surface area contributed by atoms with Gasteiger partial charge in [0.05, 0.1) is 6.54 Å². The molecule has 0 unspecified atom stereocenters.